The lowest BCUT2D eigenvalue weighted by Gasteiger charge is -2.30. The monoisotopic (exact) mass is 311 g/mol. The van der Waals surface area contributed by atoms with Crippen LogP contribution >= 0.6 is 23.2 Å². The van der Waals surface area contributed by atoms with Gasteiger partial charge < -0.3 is 5.32 Å². The molecular formula is C13H15Cl2N5. The largest absolute Gasteiger partial charge is 0.316 e. The molecule has 3 rings (SSSR count). The average molecular weight is 312 g/mol. The van der Waals surface area contributed by atoms with Crippen molar-refractivity contribution < 1.29 is 0 Å². The Morgan fingerprint density at radius 2 is 2.20 bits per heavy atom. The summed E-state index contributed by atoms with van der Waals surface area (Å²) in [5, 5.41) is 16.6. The van der Waals surface area contributed by atoms with E-state index in [0.717, 1.165) is 31.5 Å². The Labute approximate surface area is 127 Å². The predicted octanol–water partition coefficient (Wildman–Crippen LogP) is 2.57. The quantitative estimate of drug-likeness (QED) is 0.946. The molecule has 0 radical (unpaired) electrons. The van der Waals surface area contributed by atoms with Gasteiger partial charge in [0.2, 0.25) is 0 Å². The third kappa shape index (κ3) is 2.80. The number of piperidine rings is 1. The fraction of sp³-hybridized carbons (Fsp3) is 0.462. The Balaban J connectivity index is 1.98. The van der Waals surface area contributed by atoms with Crippen molar-refractivity contribution in [1.29, 1.82) is 0 Å². The smallest absolute Gasteiger partial charge is 0.162 e. The molecule has 1 saturated heterocycles. The van der Waals surface area contributed by atoms with Crippen molar-refractivity contribution in [2.75, 3.05) is 13.1 Å². The van der Waals surface area contributed by atoms with Crippen molar-refractivity contribution in [3.05, 3.63) is 40.1 Å². The van der Waals surface area contributed by atoms with E-state index in [1.165, 1.54) is 6.33 Å². The summed E-state index contributed by atoms with van der Waals surface area (Å²) in [5.74, 6) is 0.412. The highest BCUT2D eigenvalue weighted by Gasteiger charge is 2.28. The Hall–Kier alpha value is -1.17. The third-order valence-corrected chi connectivity index (χ3v) is 4.42. The predicted molar refractivity (Wildman–Crippen MR) is 78.0 cm³/mol. The van der Waals surface area contributed by atoms with Gasteiger partial charge in [-0.2, -0.15) is 4.80 Å². The number of nitrogens with one attached hydrogen (secondary N) is 1. The Morgan fingerprint density at radius 3 is 2.85 bits per heavy atom. The molecule has 1 aromatic carbocycles. The van der Waals surface area contributed by atoms with E-state index in [2.05, 4.69) is 20.7 Å². The van der Waals surface area contributed by atoms with Crippen LogP contribution in [0.25, 0.3) is 0 Å². The number of benzene rings is 1. The van der Waals surface area contributed by atoms with E-state index in [1.54, 1.807) is 4.80 Å². The molecule has 0 amide bonds. The molecule has 20 heavy (non-hydrogen) atoms. The molecule has 2 aromatic rings. The molecule has 0 saturated carbocycles. The normalized spacial score (nSPS) is 20.8. The maximum Gasteiger partial charge on any atom is 0.162 e. The van der Waals surface area contributed by atoms with Crippen LogP contribution in [0.4, 0.5) is 0 Å². The van der Waals surface area contributed by atoms with Crippen molar-refractivity contribution in [3.8, 4) is 0 Å². The number of halogens is 2. The number of tetrazole rings is 1. The molecule has 0 aliphatic carbocycles. The summed E-state index contributed by atoms with van der Waals surface area (Å²) in [4.78, 5) is 1.66. The summed E-state index contributed by atoms with van der Waals surface area (Å²) in [6, 6.07) is 5.73. The summed E-state index contributed by atoms with van der Waals surface area (Å²) in [7, 11) is 0. The fourth-order valence-electron chi connectivity index (χ4n) is 2.74. The van der Waals surface area contributed by atoms with Gasteiger partial charge in [0.05, 0.1) is 10.0 Å². The minimum Gasteiger partial charge on any atom is -0.316 e. The number of rotatable bonds is 3. The van der Waals surface area contributed by atoms with Crippen LogP contribution < -0.4 is 5.32 Å². The first-order valence-electron chi connectivity index (χ1n) is 6.64. The molecule has 0 bridgehead atoms. The van der Waals surface area contributed by atoms with Crippen molar-refractivity contribution in [2.24, 2.45) is 5.92 Å². The molecule has 5 nitrogen and oxygen atoms in total. The lowest BCUT2D eigenvalue weighted by molar-refractivity contribution is 0.261. The molecule has 1 aliphatic rings. The van der Waals surface area contributed by atoms with Crippen molar-refractivity contribution >= 4 is 23.2 Å². The molecular weight excluding hydrogens is 297 g/mol. The summed E-state index contributed by atoms with van der Waals surface area (Å²) in [6.45, 7) is 2.00. The molecule has 2 heterocycles. The van der Waals surface area contributed by atoms with Crippen LogP contribution in [-0.4, -0.2) is 33.3 Å². The second-order valence-corrected chi connectivity index (χ2v) is 5.80. The summed E-state index contributed by atoms with van der Waals surface area (Å²) in [5.41, 5.74) is 1.06. The average Bonchev–Trinajstić information content (AvgIpc) is 2.98. The molecule has 1 fully saturated rings. The van der Waals surface area contributed by atoms with Gasteiger partial charge in [-0.05, 0) is 48.2 Å². The minimum absolute atomic E-state index is 0.0278. The van der Waals surface area contributed by atoms with Gasteiger partial charge in [-0.3, -0.25) is 0 Å². The Bertz CT molecular complexity index is 566. The van der Waals surface area contributed by atoms with Gasteiger partial charge in [0, 0.05) is 6.54 Å². The Morgan fingerprint density at radius 1 is 1.30 bits per heavy atom. The van der Waals surface area contributed by atoms with Crippen LogP contribution in [0.5, 0.6) is 0 Å². The summed E-state index contributed by atoms with van der Waals surface area (Å²) < 4.78 is 0. The van der Waals surface area contributed by atoms with Gasteiger partial charge in [0.1, 0.15) is 6.04 Å². The topological polar surface area (TPSA) is 55.6 Å². The lowest BCUT2D eigenvalue weighted by Crippen LogP contribution is -2.36. The van der Waals surface area contributed by atoms with Gasteiger partial charge in [-0.1, -0.05) is 29.3 Å². The Kier molecular flexibility index (Phi) is 4.19. The summed E-state index contributed by atoms with van der Waals surface area (Å²) >= 11 is 12.1. The van der Waals surface area contributed by atoms with Crippen LogP contribution in [0, 0.1) is 5.92 Å². The third-order valence-electron chi connectivity index (χ3n) is 3.68. The zero-order valence-electron chi connectivity index (χ0n) is 10.8. The first-order valence-corrected chi connectivity index (χ1v) is 7.39. The van der Waals surface area contributed by atoms with Crippen LogP contribution in [0.3, 0.4) is 0 Å². The number of hydrogen-bond acceptors (Lipinski definition) is 4. The van der Waals surface area contributed by atoms with E-state index in [-0.39, 0.29) is 6.04 Å². The first kappa shape index (κ1) is 13.8. The van der Waals surface area contributed by atoms with Gasteiger partial charge in [0.15, 0.2) is 6.33 Å². The van der Waals surface area contributed by atoms with Gasteiger partial charge >= 0.3 is 0 Å². The van der Waals surface area contributed by atoms with Gasteiger partial charge in [0.25, 0.3) is 0 Å². The zero-order valence-corrected chi connectivity index (χ0v) is 12.3. The van der Waals surface area contributed by atoms with Gasteiger partial charge in [-0.25, -0.2) is 0 Å². The summed E-state index contributed by atoms with van der Waals surface area (Å²) in [6.07, 6.45) is 3.73. The maximum absolute atomic E-state index is 6.14. The highest BCUT2D eigenvalue weighted by molar-refractivity contribution is 6.42. The first-order chi connectivity index (χ1) is 9.75. The van der Waals surface area contributed by atoms with Crippen LogP contribution in [0.1, 0.15) is 24.4 Å². The number of hydrogen-bond donors (Lipinski definition) is 1. The van der Waals surface area contributed by atoms with Crippen molar-refractivity contribution in [1.82, 2.24) is 25.5 Å². The van der Waals surface area contributed by atoms with E-state index in [1.807, 2.05) is 18.2 Å². The number of nitrogens with zero attached hydrogens (tertiary/aromatic N) is 4. The van der Waals surface area contributed by atoms with Crippen LogP contribution in [0.15, 0.2) is 24.5 Å². The number of aromatic nitrogens is 4. The van der Waals surface area contributed by atoms with Crippen LogP contribution in [-0.2, 0) is 0 Å². The second kappa shape index (κ2) is 6.08. The second-order valence-electron chi connectivity index (χ2n) is 4.98. The zero-order chi connectivity index (χ0) is 13.9. The molecule has 1 aliphatic heterocycles. The van der Waals surface area contributed by atoms with E-state index >= 15 is 0 Å². The van der Waals surface area contributed by atoms with Gasteiger partial charge in [-0.15, -0.1) is 10.2 Å². The maximum atomic E-state index is 6.14. The molecule has 0 spiro atoms. The highest BCUT2D eigenvalue weighted by Crippen LogP contribution is 2.33. The SMILES string of the molecule is Clc1ccc(C([C@H]2CCCNC2)n2ncnn2)cc1Cl. The van der Waals surface area contributed by atoms with Crippen molar-refractivity contribution in [3.63, 3.8) is 0 Å². The lowest BCUT2D eigenvalue weighted by atomic mass is 9.87. The van der Waals surface area contributed by atoms with E-state index < -0.39 is 0 Å². The molecule has 7 heteroatoms. The molecule has 1 unspecified atom stereocenters. The van der Waals surface area contributed by atoms with Crippen LogP contribution in [0.2, 0.25) is 10.0 Å². The highest BCUT2D eigenvalue weighted by atomic mass is 35.5. The molecule has 2 atom stereocenters. The molecule has 1 N–H and O–H groups in total. The van der Waals surface area contributed by atoms with E-state index in [9.17, 15) is 0 Å². The standard InChI is InChI=1S/C13H15Cl2N5/c14-11-4-3-9(6-12(11)15)13(20-18-8-17-19-20)10-2-1-5-16-7-10/h3-4,6,8,10,13,16H,1-2,5,7H2/t10-,13?/m0/s1. The molecule has 106 valence electrons. The van der Waals surface area contributed by atoms with E-state index in [0.29, 0.717) is 16.0 Å². The fourth-order valence-corrected chi connectivity index (χ4v) is 3.05. The molecule has 1 aromatic heterocycles. The van der Waals surface area contributed by atoms with Crippen molar-refractivity contribution in [2.45, 2.75) is 18.9 Å². The minimum atomic E-state index is 0.0278. The van der Waals surface area contributed by atoms with E-state index in [4.69, 9.17) is 23.2 Å².